The Labute approximate surface area is 175 Å². The predicted octanol–water partition coefficient (Wildman–Crippen LogP) is 0.953. The van der Waals surface area contributed by atoms with E-state index in [0.29, 0.717) is 44.7 Å². The monoisotopic (exact) mass is 413 g/mol. The van der Waals surface area contributed by atoms with E-state index in [1.807, 2.05) is 42.3 Å². The van der Waals surface area contributed by atoms with Crippen molar-refractivity contribution in [3.05, 3.63) is 48.3 Å². The highest BCUT2D eigenvalue weighted by molar-refractivity contribution is 5.94. The van der Waals surface area contributed by atoms with Crippen molar-refractivity contribution in [1.29, 1.82) is 0 Å². The maximum Gasteiger partial charge on any atom is 0.323 e. The van der Waals surface area contributed by atoms with E-state index in [-0.39, 0.29) is 24.8 Å². The molecule has 0 saturated carbocycles. The Morgan fingerprint density at radius 3 is 2.53 bits per heavy atom. The highest BCUT2D eigenvalue weighted by atomic mass is 16.4. The van der Waals surface area contributed by atoms with Crippen LogP contribution in [-0.4, -0.2) is 93.7 Å². The molecular formula is C21H27N5O4. The Hall–Kier alpha value is -3.20. The molecule has 2 aromatic rings. The van der Waals surface area contributed by atoms with Crippen LogP contribution in [0.3, 0.4) is 0 Å². The molecule has 0 atom stereocenters. The molecule has 1 aromatic heterocycles. The van der Waals surface area contributed by atoms with Crippen molar-refractivity contribution >= 4 is 17.8 Å². The molecule has 9 heteroatoms. The fourth-order valence-corrected chi connectivity index (χ4v) is 3.38. The van der Waals surface area contributed by atoms with E-state index in [2.05, 4.69) is 5.10 Å². The SMILES string of the molecule is CN1CCN(CC(=O)O)C(=O)CCCN(C(=O)c2cnn(-c3ccccc3)c2)CC1. The Kier molecular flexibility index (Phi) is 7.18. The van der Waals surface area contributed by atoms with Crippen molar-refractivity contribution in [3.63, 3.8) is 0 Å². The Bertz CT molecular complexity index is 883. The second kappa shape index (κ2) is 10.0. The lowest BCUT2D eigenvalue weighted by Gasteiger charge is -2.25. The maximum absolute atomic E-state index is 13.1. The number of benzene rings is 1. The van der Waals surface area contributed by atoms with Gasteiger partial charge in [-0.05, 0) is 25.6 Å². The van der Waals surface area contributed by atoms with Crippen LogP contribution in [-0.2, 0) is 9.59 Å². The molecule has 1 aliphatic heterocycles. The topological polar surface area (TPSA) is 99.0 Å². The lowest BCUT2D eigenvalue weighted by molar-refractivity contribution is -0.144. The number of aromatic nitrogens is 2. The molecule has 9 nitrogen and oxygen atoms in total. The van der Waals surface area contributed by atoms with Gasteiger partial charge >= 0.3 is 5.97 Å². The first-order valence-corrected chi connectivity index (χ1v) is 10.0. The van der Waals surface area contributed by atoms with Gasteiger partial charge in [-0.15, -0.1) is 0 Å². The Morgan fingerprint density at radius 1 is 1.07 bits per heavy atom. The first kappa shape index (κ1) is 21.5. The Balaban J connectivity index is 1.69. The summed E-state index contributed by atoms with van der Waals surface area (Å²) in [6.45, 7) is 2.20. The number of nitrogens with zero attached hydrogens (tertiary/aromatic N) is 5. The second-order valence-electron chi connectivity index (χ2n) is 7.42. The Morgan fingerprint density at radius 2 is 1.80 bits per heavy atom. The summed E-state index contributed by atoms with van der Waals surface area (Å²) in [5.74, 6) is -1.34. The highest BCUT2D eigenvalue weighted by Gasteiger charge is 2.22. The van der Waals surface area contributed by atoms with Crippen LogP contribution in [0.1, 0.15) is 23.2 Å². The van der Waals surface area contributed by atoms with E-state index in [4.69, 9.17) is 5.11 Å². The van der Waals surface area contributed by atoms with Gasteiger partial charge in [-0.3, -0.25) is 14.4 Å². The van der Waals surface area contributed by atoms with Gasteiger partial charge in [-0.25, -0.2) is 4.68 Å². The van der Waals surface area contributed by atoms with Gasteiger partial charge in [0.05, 0.1) is 17.4 Å². The van der Waals surface area contributed by atoms with Crippen LogP contribution >= 0.6 is 0 Å². The molecule has 1 N–H and O–H groups in total. The fraction of sp³-hybridized carbons (Fsp3) is 0.429. The van der Waals surface area contributed by atoms with Gasteiger partial charge < -0.3 is 19.8 Å². The minimum Gasteiger partial charge on any atom is -0.480 e. The minimum atomic E-state index is -1.02. The zero-order chi connectivity index (χ0) is 21.5. The number of amides is 2. The minimum absolute atomic E-state index is 0.125. The summed E-state index contributed by atoms with van der Waals surface area (Å²) < 4.78 is 1.67. The molecular weight excluding hydrogens is 386 g/mol. The van der Waals surface area contributed by atoms with Crippen LogP contribution in [0.15, 0.2) is 42.7 Å². The third-order valence-electron chi connectivity index (χ3n) is 5.14. The number of likely N-dealkylation sites (N-methyl/N-ethyl adjacent to an activating group) is 1. The normalized spacial score (nSPS) is 16.9. The predicted molar refractivity (Wildman–Crippen MR) is 110 cm³/mol. The maximum atomic E-state index is 13.1. The zero-order valence-corrected chi connectivity index (χ0v) is 17.1. The van der Waals surface area contributed by atoms with Crippen molar-refractivity contribution in [2.75, 3.05) is 46.3 Å². The largest absolute Gasteiger partial charge is 0.480 e. The van der Waals surface area contributed by atoms with Gasteiger partial charge in [0.2, 0.25) is 5.91 Å². The van der Waals surface area contributed by atoms with Crippen molar-refractivity contribution < 1.29 is 19.5 Å². The molecule has 2 heterocycles. The van der Waals surface area contributed by atoms with E-state index < -0.39 is 5.97 Å². The van der Waals surface area contributed by atoms with Crippen molar-refractivity contribution in [2.45, 2.75) is 12.8 Å². The van der Waals surface area contributed by atoms with Crippen LogP contribution in [0.5, 0.6) is 0 Å². The highest BCUT2D eigenvalue weighted by Crippen LogP contribution is 2.12. The first-order chi connectivity index (χ1) is 14.4. The zero-order valence-electron chi connectivity index (χ0n) is 17.1. The summed E-state index contributed by atoms with van der Waals surface area (Å²) in [6.07, 6.45) is 3.97. The van der Waals surface area contributed by atoms with E-state index in [1.54, 1.807) is 22.0 Å². The van der Waals surface area contributed by atoms with E-state index >= 15 is 0 Å². The van der Waals surface area contributed by atoms with E-state index in [9.17, 15) is 14.4 Å². The molecule has 1 fully saturated rings. The number of para-hydroxylation sites is 1. The number of carboxylic acid groups (broad SMARTS) is 1. The quantitative estimate of drug-likeness (QED) is 0.801. The lowest BCUT2D eigenvalue weighted by atomic mass is 10.2. The number of hydrogen-bond donors (Lipinski definition) is 1. The molecule has 0 unspecified atom stereocenters. The van der Waals surface area contributed by atoms with Crippen molar-refractivity contribution in [2.24, 2.45) is 0 Å². The molecule has 0 radical (unpaired) electrons. The lowest BCUT2D eigenvalue weighted by Crippen LogP contribution is -2.41. The summed E-state index contributed by atoms with van der Waals surface area (Å²) in [6, 6.07) is 9.57. The number of carboxylic acids is 1. The summed E-state index contributed by atoms with van der Waals surface area (Å²) in [5.41, 5.74) is 1.37. The third kappa shape index (κ3) is 5.66. The number of rotatable bonds is 4. The fourth-order valence-electron chi connectivity index (χ4n) is 3.38. The van der Waals surface area contributed by atoms with E-state index in [1.165, 1.54) is 4.90 Å². The summed E-state index contributed by atoms with van der Waals surface area (Å²) >= 11 is 0. The molecule has 2 amide bonds. The summed E-state index contributed by atoms with van der Waals surface area (Å²) in [5, 5.41) is 13.3. The number of aliphatic carboxylic acids is 1. The molecule has 30 heavy (non-hydrogen) atoms. The van der Waals surface area contributed by atoms with Gasteiger partial charge in [0, 0.05) is 45.3 Å². The van der Waals surface area contributed by atoms with Crippen molar-refractivity contribution in [1.82, 2.24) is 24.5 Å². The van der Waals surface area contributed by atoms with Gasteiger partial charge in [-0.1, -0.05) is 18.2 Å². The molecule has 160 valence electrons. The molecule has 1 aromatic carbocycles. The first-order valence-electron chi connectivity index (χ1n) is 10.0. The van der Waals surface area contributed by atoms with Crippen molar-refractivity contribution in [3.8, 4) is 5.69 Å². The number of carbonyl (C=O) groups excluding carboxylic acids is 2. The number of hydrogen-bond acceptors (Lipinski definition) is 5. The van der Waals surface area contributed by atoms with Crippen LogP contribution in [0.25, 0.3) is 5.69 Å². The standard InChI is InChI=1S/C21H27N5O4/c1-23-10-12-24(9-5-8-19(27)25(13-11-23)16-20(28)29)21(30)17-14-22-26(15-17)18-6-3-2-4-7-18/h2-4,6-7,14-15H,5,8-13,16H2,1H3,(H,28,29). The molecule has 3 rings (SSSR count). The summed E-state index contributed by atoms with van der Waals surface area (Å²) in [4.78, 5) is 41.7. The van der Waals surface area contributed by atoms with Crippen LogP contribution in [0, 0.1) is 0 Å². The average molecular weight is 413 g/mol. The molecule has 1 saturated heterocycles. The van der Waals surface area contributed by atoms with E-state index in [0.717, 1.165) is 5.69 Å². The van der Waals surface area contributed by atoms with Gasteiger partial charge in [-0.2, -0.15) is 5.10 Å². The molecule has 0 spiro atoms. The average Bonchev–Trinajstić information content (AvgIpc) is 3.22. The summed E-state index contributed by atoms with van der Waals surface area (Å²) in [7, 11) is 1.90. The molecule has 0 bridgehead atoms. The molecule has 1 aliphatic rings. The van der Waals surface area contributed by atoms with Crippen LogP contribution in [0.2, 0.25) is 0 Å². The molecule has 0 aliphatic carbocycles. The smallest absolute Gasteiger partial charge is 0.323 e. The van der Waals surface area contributed by atoms with Crippen LogP contribution in [0.4, 0.5) is 0 Å². The van der Waals surface area contributed by atoms with Gasteiger partial charge in [0.15, 0.2) is 0 Å². The third-order valence-corrected chi connectivity index (χ3v) is 5.14. The van der Waals surface area contributed by atoms with Gasteiger partial charge in [0.1, 0.15) is 6.54 Å². The van der Waals surface area contributed by atoms with Crippen LogP contribution < -0.4 is 0 Å². The second-order valence-corrected chi connectivity index (χ2v) is 7.42. The van der Waals surface area contributed by atoms with Gasteiger partial charge in [0.25, 0.3) is 5.91 Å². The number of carbonyl (C=O) groups is 3.